The predicted octanol–water partition coefficient (Wildman–Crippen LogP) is 29.3. The van der Waals surface area contributed by atoms with Crippen LogP contribution in [0.3, 0.4) is 0 Å². The number of alkyl halides is 1. The molecule has 0 saturated carbocycles. The fourth-order valence-corrected chi connectivity index (χ4v) is 7.95. The van der Waals surface area contributed by atoms with Crippen LogP contribution in [0.1, 0.15) is 299 Å². The van der Waals surface area contributed by atoms with E-state index in [0.29, 0.717) is 31.0 Å². The number of halogens is 4. The molecule has 2 aliphatic rings. The molecule has 11 heteroatoms. The number of carbonyl (C=O) groups excluding carboxylic acids is 4. The molecule has 0 heterocycles. The quantitative estimate of drug-likeness (QED) is 0.0294. The van der Waals surface area contributed by atoms with Crippen molar-refractivity contribution in [3.05, 3.63) is 189 Å². The lowest BCUT2D eigenvalue weighted by Crippen LogP contribution is -2.12. The molecular formula is C80H148Br3IO7. The van der Waals surface area contributed by atoms with Gasteiger partial charge in [0, 0.05) is 68.6 Å². The normalized spacial score (nSPS) is 10.1. The lowest BCUT2D eigenvalue weighted by atomic mass is 10.0. The van der Waals surface area contributed by atoms with E-state index >= 15 is 0 Å². The van der Waals surface area contributed by atoms with E-state index in [4.69, 9.17) is 5.11 Å². The van der Waals surface area contributed by atoms with Crippen molar-refractivity contribution >= 4 is 96.1 Å². The Morgan fingerprint density at radius 3 is 1.24 bits per heavy atom. The third-order valence-electron chi connectivity index (χ3n) is 10.5. The van der Waals surface area contributed by atoms with Crippen molar-refractivity contribution < 1.29 is 33.8 Å². The minimum Gasteiger partial charge on any atom is -0.481 e. The molecule has 1 atom stereocenters. The highest BCUT2D eigenvalue weighted by Crippen LogP contribution is 2.24. The van der Waals surface area contributed by atoms with Gasteiger partial charge in [-0.25, -0.2) is 0 Å². The van der Waals surface area contributed by atoms with Crippen LogP contribution in [-0.2, 0) is 44.8 Å². The Labute approximate surface area is 606 Å². The second kappa shape index (κ2) is 102. The van der Waals surface area contributed by atoms with Crippen LogP contribution in [0, 0.1) is 3.57 Å². The molecule has 7 nitrogen and oxygen atoms in total. The lowest BCUT2D eigenvalue weighted by molar-refractivity contribution is -0.143. The van der Waals surface area contributed by atoms with Gasteiger partial charge in [0.2, 0.25) is 0 Å². The maximum Gasteiger partial charge on any atom is 0.306 e. The minimum atomic E-state index is -0.701. The van der Waals surface area contributed by atoms with Crippen LogP contribution in [-0.4, -0.2) is 45.8 Å². The zero-order chi connectivity index (χ0) is 60.9. The van der Waals surface area contributed by atoms with Gasteiger partial charge in [-0.1, -0.05) is 308 Å². The van der Waals surface area contributed by atoms with E-state index < -0.39 is 5.97 Å². The Bertz CT molecular complexity index is 2120. The number of ether oxygens (including phenoxy) is 1. The minimum absolute atomic E-state index is 0. The van der Waals surface area contributed by atoms with Crippen molar-refractivity contribution in [3.63, 3.8) is 0 Å². The molecule has 0 fully saturated rings. The van der Waals surface area contributed by atoms with Crippen LogP contribution in [0.4, 0.5) is 0 Å². The number of aryl methyl sites for hydroxylation is 4. The highest BCUT2D eigenvalue weighted by Gasteiger charge is 2.22. The number of hydrogen-bond acceptors (Lipinski definition) is 6. The monoisotopic (exact) mass is 1580 g/mol. The number of carbonyl (C=O) groups is 5. The van der Waals surface area contributed by atoms with E-state index in [2.05, 4.69) is 139 Å². The SMILES string of the molecule is BrBr.C.C.C.C.C.C.C.C.C.C.C.C.C=CCCC(=O)OCC.CC.CC.CC.CC.CC.CC(=O)CCCCc1ccccc1.Ic1ccccc1.O=C(O)CCCCc1ccccc1.O=C1CCCCc2ccccc21.O=C1c2ccccc2CCCC1Br. The van der Waals surface area contributed by atoms with Crippen molar-refractivity contribution in [1.82, 2.24) is 0 Å². The first-order chi connectivity index (χ1) is 38.4. The number of ketones is 3. The second-order valence-corrected chi connectivity index (χ2v) is 18.4. The van der Waals surface area contributed by atoms with Crippen molar-refractivity contribution in [2.24, 2.45) is 0 Å². The first-order valence-corrected chi connectivity index (χ1v) is 34.4. The second-order valence-electron chi connectivity index (χ2n) is 16.1. The Kier molecular flexibility index (Phi) is 147. The Hall–Kier alpha value is -4.04. The van der Waals surface area contributed by atoms with Gasteiger partial charge in [0.25, 0.3) is 0 Å². The average Bonchev–Trinajstić information content (AvgIpc) is 4.11. The van der Waals surface area contributed by atoms with Gasteiger partial charge in [0.15, 0.2) is 11.6 Å². The van der Waals surface area contributed by atoms with Crippen molar-refractivity contribution in [1.29, 1.82) is 0 Å². The summed E-state index contributed by atoms with van der Waals surface area (Å²) in [4.78, 5) is 54.7. The molecule has 0 bridgehead atoms. The van der Waals surface area contributed by atoms with Crippen molar-refractivity contribution in [3.8, 4) is 0 Å². The first kappa shape index (κ1) is 131. The third-order valence-corrected chi connectivity index (χ3v) is 12.1. The summed E-state index contributed by atoms with van der Waals surface area (Å²) >= 11 is 11.2. The predicted molar refractivity (Wildman–Crippen MR) is 442 cm³/mol. The zero-order valence-electron chi connectivity index (χ0n) is 50.3. The summed E-state index contributed by atoms with van der Waals surface area (Å²) in [6, 6.07) is 46.6. The number of carboxylic acids is 1. The van der Waals surface area contributed by atoms with Gasteiger partial charge in [-0.3, -0.25) is 19.2 Å². The largest absolute Gasteiger partial charge is 0.481 e. The Morgan fingerprint density at radius 2 is 0.868 bits per heavy atom. The topological polar surface area (TPSA) is 115 Å². The number of esters is 1. The molecule has 91 heavy (non-hydrogen) atoms. The molecular weight excluding hydrogens is 1440 g/mol. The zero-order valence-corrected chi connectivity index (χ0v) is 57.2. The van der Waals surface area contributed by atoms with Crippen LogP contribution in [0.2, 0.25) is 0 Å². The van der Waals surface area contributed by atoms with E-state index in [9.17, 15) is 24.0 Å². The van der Waals surface area contributed by atoms with Gasteiger partial charge < -0.3 is 14.6 Å². The van der Waals surface area contributed by atoms with Gasteiger partial charge in [-0.2, -0.15) is 0 Å². The van der Waals surface area contributed by atoms with E-state index in [0.717, 1.165) is 101 Å². The molecule has 0 amide bonds. The molecule has 7 rings (SSSR count). The summed E-state index contributed by atoms with van der Waals surface area (Å²) in [5.41, 5.74) is 6.95. The lowest BCUT2D eigenvalue weighted by Gasteiger charge is -2.04. The molecule has 538 valence electrons. The fraction of sp³-hybridized carbons (Fsp3) is 0.537. The Morgan fingerprint density at radius 1 is 0.516 bits per heavy atom. The number of carboxylic acid groups (broad SMARTS) is 1. The fourth-order valence-electron chi connectivity index (χ4n) is 6.96. The molecule has 2 aliphatic carbocycles. The number of rotatable bonds is 14. The van der Waals surface area contributed by atoms with Gasteiger partial charge in [0.05, 0.1) is 11.4 Å². The standard InChI is InChI=1S/C12H16O.C11H11BrO.C11H14O2.C11H12O.C7H12O2.C6H5I.5C2H6.12CH4.Br2/c1-11(13)7-5-6-10-12-8-3-2-4-9-12;12-10-7-3-5-8-4-1-2-6-9(8)11(10)13;12-11(13)9-5-4-8-10-6-2-1-3-7-10;12-11-8-4-2-6-9-5-1-3-7-10(9)11;1-3-5-6-7(8)9-4-2;7-6-4-2-1-3-5-6;5*1-2;;;;;;;;;;;;;1-2/h2-4,8-9H,5-7,10H2,1H3;1-2,4,6,10H,3,5,7H2;1-3,6-7H,4-5,8-9H2,(H,12,13);1,3,5,7H,2,4,6,8H2;3H,1,4-6H2,2H3;1-5H;5*1-2H3;12*1H4;. The molecule has 0 spiro atoms. The highest BCUT2D eigenvalue weighted by atomic mass is 127. The third kappa shape index (κ3) is 78.3. The molecule has 0 radical (unpaired) electrons. The van der Waals surface area contributed by atoms with Crippen LogP contribution in [0.25, 0.3) is 0 Å². The number of Topliss-reactive ketones (excluding diaryl/α,β-unsaturated/α-hetero) is 3. The Balaban J connectivity index is -0.0000000457. The van der Waals surface area contributed by atoms with E-state index in [1.807, 2.05) is 148 Å². The first-order valence-electron chi connectivity index (χ1n) is 28.7. The molecule has 5 aromatic carbocycles. The van der Waals surface area contributed by atoms with Gasteiger partial charge in [0.1, 0.15) is 5.78 Å². The number of benzene rings is 5. The summed E-state index contributed by atoms with van der Waals surface area (Å²) in [7, 11) is 0. The van der Waals surface area contributed by atoms with Crippen LogP contribution in [0.15, 0.2) is 152 Å². The summed E-state index contributed by atoms with van der Waals surface area (Å²) in [5, 5.41) is 8.41. The van der Waals surface area contributed by atoms with Crippen molar-refractivity contribution in [2.45, 2.75) is 286 Å². The van der Waals surface area contributed by atoms with Crippen molar-refractivity contribution in [2.75, 3.05) is 6.61 Å². The number of fused-ring (bicyclic) bond motifs is 2. The molecule has 1 unspecified atom stereocenters. The number of aliphatic carboxylic acids is 1. The van der Waals surface area contributed by atoms with Gasteiger partial charge >= 0.3 is 11.9 Å². The molecule has 5 aromatic rings. The maximum absolute atomic E-state index is 11.8. The summed E-state index contributed by atoms with van der Waals surface area (Å²) in [6.07, 6.45) is 16.9. The molecule has 0 aliphatic heterocycles. The van der Waals surface area contributed by atoms with Gasteiger partial charge in [-0.05, 0) is 154 Å². The number of unbranched alkanes of at least 4 members (excludes halogenated alkanes) is 2. The highest BCUT2D eigenvalue weighted by molar-refractivity contribution is 14.1. The maximum atomic E-state index is 11.8. The van der Waals surface area contributed by atoms with E-state index in [1.54, 1.807) is 19.9 Å². The van der Waals surface area contributed by atoms with E-state index in [1.165, 1.54) is 25.8 Å². The summed E-state index contributed by atoms with van der Waals surface area (Å²) < 4.78 is 5.95. The van der Waals surface area contributed by atoms with E-state index in [-0.39, 0.29) is 112 Å². The molecule has 1 N–H and O–H groups in total. The van der Waals surface area contributed by atoms with Crippen LogP contribution < -0.4 is 0 Å². The van der Waals surface area contributed by atoms with Gasteiger partial charge in [-0.15, -0.1) is 6.58 Å². The van der Waals surface area contributed by atoms with Crippen LogP contribution >= 0.6 is 66.8 Å². The number of hydrogen-bond donors (Lipinski definition) is 1. The summed E-state index contributed by atoms with van der Waals surface area (Å²) in [6.45, 7) is 27.4. The molecule has 0 saturated heterocycles. The smallest absolute Gasteiger partial charge is 0.306 e. The average molecular weight is 1590 g/mol. The summed E-state index contributed by atoms with van der Waals surface area (Å²) in [5.74, 6) is 0.0229. The molecule has 0 aromatic heterocycles. The van der Waals surface area contributed by atoms with Crippen LogP contribution in [0.5, 0.6) is 0 Å². The number of allylic oxidation sites excluding steroid dienone is 1.